The molecule has 1 amide bonds. The summed E-state index contributed by atoms with van der Waals surface area (Å²) in [4.78, 5) is 11.8. The zero-order valence-electron chi connectivity index (χ0n) is 9.82. The number of amides is 1. The molecule has 0 fully saturated rings. The fourth-order valence-electron chi connectivity index (χ4n) is 1.51. The molecule has 2 aromatic rings. The molecule has 0 heterocycles. The maximum Gasteiger partial charge on any atom is 0.255 e. The number of phenols is 2. The highest BCUT2D eigenvalue weighted by Crippen LogP contribution is 2.28. The number of benzene rings is 2. The number of carbonyl (C=O) groups is 1. The van der Waals surface area contributed by atoms with E-state index in [2.05, 4.69) is 5.32 Å². The van der Waals surface area contributed by atoms with E-state index in [1.54, 1.807) is 0 Å². The highest BCUT2D eigenvalue weighted by molar-refractivity contribution is 6.34. The SMILES string of the molecule is O=C(Nc1c(F)cc(F)cc1Cl)c1ccc(O)c(O)c1. The lowest BCUT2D eigenvalue weighted by molar-refractivity contribution is 0.102. The van der Waals surface area contributed by atoms with Crippen molar-refractivity contribution in [2.45, 2.75) is 0 Å². The summed E-state index contributed by atoms with van der Waals surface area (Å²) in [5.41, 5.74) is -0.397. The molecule has 2 rings (SSSR count). The minimum absolute atomic E-state index is 0.0277. The van der Waals surface area contributed by atoms with E-state index in [1.165, 1.54) is 6.07 Å². The Balaban J connectivity index is 2.30. The van der Waals surface area contributed by atoms with Crippen LogP contribution >= 0.6 is 11.6 Å². The number of hydrogen-bond acceptors (Lipinski definition) is 3. The lowest BCUT2D eigenvalue weighted by atomic mass is 10.2. The maximum atomic E-state index is 13.5. The lowest BCUT2D eigenvalue weighted by Crippen LogP contribution is -2.13. The Morgan fingerprint density at radius 1 is 1.10 bits per heavy atom. The third kappa shape index (κ3) is 2.80. The van der Waals surface area contributed by atoms with Gasteiger partial charge in [0.1, 0.15) is 5.82 Å². The second-order valence-corrected chi connectivity index (χ2v) is 4.31. The standard InChI is InChI=1S/C13H8ClF2NO3/c14-8-4-7(15)5-9(16)12(8)17-13(20)6-1-2-10(18)11(19)3-6/h1-5,18-19H,(H,17,20). The van der Waals surface area contributed by atoms with Gasteiger partial charge in [0.25, 0.3) is 5.91 Å². The third-order valence-corrected chi connectivity index (χ3v) is 2.78. The largest absolute Gasteiger partial charge is 0.504 e. The highest BCUT2D eigenvalue weighted by atomic mass is 35.5. The average molecular weight is 300 g/mol. The molecule has 2 aromatic carbocycles. The molecule has 0 saturated heterocycles. The summed E-state index contributed by atoms with van der Waals surface area (Å²) in [6.45, 7) is 0. The lowest BCUT2D eigenvalue weighted by Gasteiger charge is -2.09. The molecular formula is C13H8ClF2NO3. The number of anilines is 1. The molecule has 0 atom stereocenters. The van der Waals surface area contributed by atoms with Crippen molar-refractivity contribution in [3.8, 4) is 11.5 Å². The minimum Gasteiger partial charge on any atom is -0.504 e. The van der Waals surface area contributed by atoms with Crippen LogP contribution in [0.3, 0.4) is 0 Å². The molecule has 3 N–H and O–H groups in total. The van der Waals surface area contributed by atoms with Gasteiger partial charge in [-0.15, -0.1) is 0 Å². The summed E-state index contributed by atoms with van der Waals surface area (Å²) in [5.74, 6) is -3.55. The summed E-state index contributed by atoms with van der Waals surface area (Å²) >= 11 is 5.64. The zero-order chi connectivity index (χ0) is 14.9. The molecule has 0 unspecified atom stereocenters. The van der Waals surface area contributed by atoms with Crippen LogP contribution in [0.1, 0.15) is 10.4 Å². The van der Waals surface area contributed by atoms with Crippen LogP contribution in [0.25, 0.3) is 0 Å². The van der Waals surface area contributed by atoms with E-state index in [0.29, 0.717) is 6.07 Å². The Morgan fingerprint density at radius 3 is 2.40 bits per heavy atom. The Kier molecular flexibility index (Phi) is 3.76. The topological polar surface area (TPSA) is 69.6 Å². The molecule has 0 radical (unpaired) electrons. The van der Waals surface area contributed by atoms with Gasteiger partial charge in [-0.2, -0.15) is 0 Å². The minimum atomic E-state index is -1.02. The van der Waals surface area contributed by atoms with Crippen molar-refractivity contribution >= 4 is 23.2 Å². The van der Waals surface area contributed by atoms with Crippen LogP contribution in [0.4, 0.5) is 14.5 Å². The van der Waals surface area contributed by atoms with Crippen LogP contribution in [0, 0.1) is 11.6 Å². The van der Waals surface area contributed by atoms with E-state index in [0.717, 1.165) is 18.2 Å². The van der Waals surface area contributed by atoms with Gasteiger partial charge >= 0.3 is 0 Å². The molecule has 0 saturated carbocycles. The number of aromatic hydroxyl groups is 2. The normalized spacial score (nSPS) is 10.3. The van der Waals surface area contributed by atoms with Gasteiger partial charge in [0.2, 0.25) is 0 Å². The van der Waals surface area contributed by atoms with Crippen molar-refractivity contribution in [3.05, 3.63) is 52.6 Å². The van der Waals surface area contributed by atoms with E-state index in [-0.39, 0.29) is 16.3 Å². The number of rotatable bonds is 2. The van der Waals surface area contributed by atoms with Gasteiger partial charge < -0.3 is 15.5 Å². The Bertz CT molecular complexity index is 668. The van der Waals surface area contributed by atoms with E-state index < -0.39 is 29.0 Å². The van der Waals surface area contributed by atoms with Gasteiger partial charge in [0, 0.05) is 11.6 Å². The van der Waals surface area contributed by atoms with E-state index in [9.17, 15) is 18.7 Å². The Morgan fingerprint density at radius 2 is 1.80 bits per heavy atom. The fourth-order valence-corrected chi connectivity index (χ4v) is 1.75. The van der Waals surface area contributed by atoms with Gasteiger partial charge in [-0.25, -0.2) is 8.78 Å². The summed E-state index contributed by atoms with van der Waals surface area (Å²) in [6, 6.07) is 4.76. The molecule has 0 aromatic heterocycles. The fraction of sp³-hybridized carbons (Fsp3) is 0. The number of nitrogens with one attached hydrogen (secondary N) is 1. The van der Waals surface area contributed by atoms with Crippen LogP contribution in [-0.4, -0.2) is 16.1 Å². The van der Waals surface area contributed by atoms with E-state index in [4.69, 9.17) is 16.7 Å². The summed E-state index contributed by atoms with van der Waals surface area (Å²) < 4.78 is 26.4. The monoisotopic (exact) mass is 299 g/mol. The van der Waals surface area contributed by atoms with Crippen molar-refractivity contribution in [1.82, 2.24) is 0 Å². The number of halogens is 3. The van der Waals surface area contributed by atoms with Crippen molar-refractivity contribution < 1.29 is 23.8 Å². The third-order valence-electron chi connectivity index (χ3n) is 2.48. The Hall–Kier alpha value is -2.34. The number of carbonyl (C=O) groups excluding carboxylic acids is 1. The molecule has 0 spiro atoms. The smallest absolute Gasteiger partial charge is 0.255 e. The van der Waals surface area contributed by atoms with Crippen LogP contribution in [0.5, 0.6) is 11.5 Å². The predicted octanol–water partition coefficient (Wildman–Crippen LogP) is 3.28. The summed E-state index contributed by atoms with van der Waals surface area (Å²) in [6.07, 6.45) is 0. The predicted molar refractivity (Wildman–Crippen MR) is 69.1 cm³/mol. The first-order chi connectivity index (χ1) is 9.38. The van der Waals surface area contributed by atoms with Crippen LogP contribution < -0.4 is 5.32 Å². The number of hydrogen-bond donors (Lipinski definition) is 3. The van der Waals surface area contributed by atoms with Crippen molar-refractivity contribution in [2.75, 3.05) is 5.32 Å². The van der Waals surface area contributed by atoms with Crippen LogP contribution in [-0.2, 0) is 0 Å². The first kappa shape index (κ1) is 14.1. The van der Waals surface area contributed by atoms with E-state index >= 15 is 0 Å². The van der Waals surface area contributed by atoms with Gasteiger partial charge in [0.05, 0.1) is 10.7 Å². The molecule has 20 heavy (non-hydrogen) atoms. The zero-order valence-corrected chi connectivity index (χ0v) is 10.6. The van der Waals surface area contributed by atoms with Gasteiger partial charge in [0.15, 0.2) is 17.3 Å². The Labute approximate surface area is 117 Å². The highest BCUT2D eigenvalue weighted by Gasteiger charge is 2.15. The average Bonchev–Trinajstić information content (AvgIpc) is 2.36. The molecule has 104 valence electrons. The number of phenolic OH excluding ortho intramolecular Hbond substituents is 2. The summed E-state index contributed by atoms with van der Waals surface area (Å²) in [5, 5.41) is 20.3. The molecule has 0 aliphatic heterocycles. The van der Waals surface area contributed by atoms with Gasteiger partial charge in [-0.05, 0) is 24.3 Å². The first-order valence-electron chi connectivity index (χ1n) is 5.36. The van der Waals surface area contributed by atoms with Gasteiger partial charge in [-0.3, -0.25) is 4.79 Å². The van der Waals surface area contributed by atoms with Crippen LogP contribution in [0.15, 0.2) is 30.3 Å². The molecule has 0 bridgehead atoms. The molecule has 4 nitrogen and oxygen atoms in total. The van der Waals surface area contributed by atoms with Crippen molar-refractivity contribution in [1.29, 1.82) is 0 Å². The molecular weight excluding hydrogens is 292 g/mol. The maximum absolute atomic E-state index is 13.5. The first-order valence-corrected chi connectivity index (χ1v) is 5.74. The van der Waals surface area contributed by atoms with E-state index in [1.807, 2.05) is 0 Å². The summed E-state index contributed by atoms with van der Waals surface area (Å²) in [7, 11) is 0. The molecule has 0 aliphatic carbocycles. The second-order valence-electron chi connectivity index (χ2n) is 3.90. The van der Waals surface area contributed by atoms with Crippen molar-refractivity contribution in [2.24, 2.45) is 0 Å². The molecule has 7 heteroatoms. The van der Waals surface area contributed by atoms with Crippen LogP contribution in [0.2, 0.25) is 5.02 Å². The quantitative estimate of drug-likeness (QED) is 0.745. The second kappa shape index (κ2) is 5.34. The molecule has 0 aliphatic rings. The van der Waals surface area contributed by atoms with Gasteiger partial charge in [-0.1, -0.05) is 11.6 Å². The van der Waals surface area contributed by atoms with Crippen molar-refractivity contribution in [3.63, 3.8) is 0 Å².